The molecule has 0 aromatic heterocycles. The van der Waals surface area contributed by atoms with E-state index in [1.54, 1.807) is 14.2 Å². The standard InChI is InChI=1S/C17H20ClNO2/c1-12(19-16-7-5-15(18)6-8-16)13-4-9-17(21-3)14(10-13)11-20-2/h4-10,12,19H,11H2,1-3H3. The summed E-state index contributed by atoms with van der Waals surface area (Å²) < 4.78 is 10.6. The van der Waals surface area contributed by atoms with Gasteiger partial charge in [0.25, 0.3) is 0 Å². The van der Waals surface area contributed by atoms with Crippen molar-refractivity contribution in [3.8, 4) is 5.75 Å². The fourth-order valence-corrected chi connectivity index (χ4v) is 2.34. The molecule has 0 heterocycles. The molecule has 0 bridgehead atoms. The van der Waals surface area contributed by atoms with E-state index in [1.165, 1.54) is 5.56 Å². The van der Waals surface area contributed by atoms with E-state index in [0.717, 1.165) is 22.0 Å². The number of hydrogen-bond acceptors (Lipinski definition) is 3. The van der Waals surface area contributed by atoms with Gasteiger partial charge < -0.3 is 14.8 Å². The van der Waals surface area contributed by atoms with E-state index >= 15 is 0 Å². The Morgan fingerprint density at radius 3 is 2.43 bits per heavy atom. The topological polar surface area (TPSA) is 30.5 Å². The van der Waals surface area contributed by atoms with E-state index in [-0.39, 0.29) is 6.04 Å². The van der Waals surface area contributed by atoms with Crippen molar-refractivity contribution in [2.75, 3.05) is 19.5 Å². The van der Waals surface area contributed by atoms with Crippen LogP contribution in [-0.4, -0.2) is 14.2 Å². The van der Waals surface area contributed by atoms with Gasteiger partial charge in [0.05, 0.1) is 13.7 Å². The monoisotopic (exact) mass is 305 g/mol. The molecule has 0 aliphatic carbocycles. The van der Waals surface area contributed by atoms with Crippen molar-refractivity contribution in [2.45, 2.75) is 19.6 Å². The molecule has 0 spiro atoms. The van der Waals surface area contributed by atoms with Crippen LogP contribution in [0.4, 0.5) is 5.69 Å². The molecule has 2 aromatic carbocycles. The van der Waals surface area contributed by atoms with E-state index < -0.39 is 0 Å². The molecule has 4 heteroatoms. The maximum atomic E-state index is 5.90. The lowest BCUT2D eigenvalue weighted by Gasteiger charge is -2.18. The van der Waals surface area contributed by atoms with Crippen LogP contribution >= 0.6 is 11.6 Å². The number of benzene rings is 2. The lowest BCUT2D eigenvalue weighted by atomic mass is 10.0. The minimum atomic E-state index is 0.174. The minimum absolute atomic E-state index is 0.174. The number of methoxy groups -OCH3 is 2. The molecule has 0 fully saturated rings. The van der Waals surface area contributed by atoms with Gasteiger partial charge in [-0.1, -0.05) is 17.7 Å². The van der Waals surface area contributed by atoms with Gasteiger partial charge in [0.1, 0.15) is 5.75 Å². The molecule has 21 heavy (non-hydrogen) atoms. The molecule has 1 N–H and O–H groups in total. The molecular formula is C17H20ClNO2. The second kappa shape index (κ2) is 7.34. The quantitative estimate of drug-likeness (QED) is 0.841. The SMILES string of the molecule is COCc1cc(C(C)Nc2ccc(Cl)cc2)ccc1OC. The third kappa shape index (κ3) is 4.13. The zero-order valence-corrected chi connectivity index (χ0v) is 13.3. The summed E-state index contributed by atoms with van der Waals surface area (Å²) in [5, 5.41) is 4.19. The Kier molecular flexibility index (Phi) is 5.48. The predicted molar refractivity (Wildman–Crippen MR) is 87.2 cm³/mol. The highest BCUT2D eigenvalue weighted by molar-refractivity contribution is 6.30. The van der Waals surface area contributed by atoms with Crippen LogP contribution in [0.2, 0.25) is 5.02 Å². The second-order valence-electron chi connectivity index (χ2n) is 4.88. The fraction of sp³-hybridized carbons (Fsp3) is 0.294. The summed E-state index contributed by atoms with van der Waals surface area (Å²) in [5.74, 6) is 0.847. The maximum absolute atomic E-state index is 5.90. The van der Waals surface area contributed by atoms with Crippen LogP contribution in [0, 0.1) is 0 Å². The van der Waals surface area contributed by atoms with E-state index in [0.29, 0.717) is 6.61 Å². The predicted octanol–water partition coefficient (Wildman–Crippen LogP) is 4.67. The molecule has 0 aliphatic rings. The Bertz CT molecular complexity index is 584. The third-order valence-electron chi connectivity index (χ3n) is 3.33. The van der Waals surface area contributed by atoms with Gasteiger partial charge in [-0.25, -0.2) is 0 Å². The summed E-state index contributed by atoms with van der Waals surface area (Å²) in [5.41, 5.74) is 3.26. The lowest BCUT2D eigenvalue weighted by molar-refractivity contribution is 0.181. The number of anilines is 1. The van der Waals surface area contributed by atoms with E-state index in [4.69, 9.17) is 21.1 Å². The van der Waals surface area contributed by atoms with Gasteiger partial charge in [0.2, 0.25) is 0 Å². The highest BCUT2D eigenvalue weighted by Gasteiger charge is 2.10. The van der Waals surface area contributed by atoms with Crippen LogP contribution in [0.15, 0.2) is 42.5 Å². The average molecular weight is 306 g/mol. The van der Waals surface area contributed by atoms with Gasteiger partial charge in [0.15, 0.2) is 0 Å². The van der Waals surface area contributed by atoms with Gasteiger partial charge in [-0.3, -0.25) is 0 Å². The van der Waals surface area contributed by atoms with Crippen molar-refractivity contribution < 1.29 is 9.47 Å². The Morgan fingerprint density at radius 1 is 1.10 bits per heavy atom. The van der Waals surface area contributed by atoms with Crippen molar-refractivity contribution in [1.29, 1.82) is 0 Å². The highest BCUT2D eigenvalue weighted by Crippen LogP contribution is 2.26. The molecule has 0 amide bonds. The van der Waals surface area contributed by atoms with Gasteiger partial charge in [-0.05, 0) is 48.9 Å². The van der Waals surface area contributed by atoms with Crippen LogP contribution in [-0.2, 0) is 11.3 Å². The molecule has 3 nitrogen and oxygen atoms in total. The Balaban J connectivity index is 2.16. The summed E-state index contributed by atoms with van der Waals surface area (Å²) >= 11 is 5.90. The van der Waals surface area contributed by atoms with Crippen LogP contribution in [0.1, 0.15) is 24.1 Å². The molecule has 2 rings (SSSR count). The van der Waals surface area contributed by atoms with Crippen molar-refractivity contribution in [2.24, 2.45) is 0 Å². The van der Waals surface area contributed by atoms with Gasteiger partial charge in [0, 0.05) is 29.4 Å². The molecule has 1 unspecified atom stereocenters. The molecular weight excluding hydrogens is 286 g/mol. The van der Waals surface area contributed by atoms with Crippen LogP contribution < -0.4 is 10.1 Å². The lowest BCUT2D eigenvalue weighted by Crippen LogP contribution is -2.07. The van der Waals surface area contributed by atoms with Gasteiger partial charge in [-0.15, -0.1) is 0 Å². The Labute approximate surface area is 130 Å². The molecule has 1 atom stereocenters. The Hall–Kier alpha value is -1.71. The smallest absolute Gasteiger partial charge is 0.124 e. The average Bonchev–Trinajstić information content (AvgIpc) is 2.50. The van der Waals surface area contributed by atoms with E-state index in [1.807, 2.05) is 30.3 Å². The number of ether oxygens (including phenoxy) is 2. The third-order valence-corrected chi connectivity index (χ3v) is 3.58. The molecule has 112 valence electrons. The van der Waals surface area contributed by atoms with Crippen LogP contribution in [0.25, 0.3) is 0 Å². The first-order valence-corrected chi connectivity index (χ1v) is 7.19. The van der Waals surface area contributed by atoms with Crippen molar-refractivity contribution >= 4 is 17.3 Å². The highest BCUT2D eigenvalue weighted by atomic mass is 35.5. The minimum Gasteiger partial charge on any atom is -0.496 e. The first-order chi connectivity index (χ1) is 10.1. The van der Waals surface area contributed by atoms with E-state index in [9.17, 15) is 0 Å². The summed E-state index contributed by atoms with van der Waals surface area (Å²) in [7, 11) is 3.35. The maximum Gasteiger partial charge on any atom is 0.124 e. The molecule has 0 saturated carbocycles. The number of nitrogens with one attached hydrogen (secondary N) is 1. The number of hydrogen-bond donors (Lipinski definition) is 1. The van der Waals surface area contributed by atoms with E-state index in [2.05, 4.69) is 24.4 Å². The fourth-order valence-electron chi connectivity index (χ4n) is 2.22. The zero-order chi connectivity index (χ0) is 15.2. The first-order valence-electron chi connectivity index (χ1n) is 6.82. The summed E-state index contributed by atoms with van der Waals surface area (Å²) in [6.07, 6.45) is 0. The van der Waals surface area contributed by atoms with Gasteiger partial charge in [-0.2, -0.15) is 0 Å². The van der Waals surface area contributed by atoms with Crippen LogP contribution in [0.5, 0.6) is 5.75 Å². The summed E-state index contributed by atoms with van der Waals surface area (Å²) in [6.45, 7) is 2.65. The first kappa shape index (κ1) is 15.7. The molecule has 0 saturated heterocycles. The molecule has 2 aromatic rings. The number of rotatable bonds is 6. The Morgan fingerprint density at radius 2 is 1.81 bits per heavy atom. The zero-order valence-electron chi connectivity index (χ0n) is 12.5. The largest absolute Gasteiger partial charge is 0.496 e. The van der Waals surface area contributed by atoms with Crippen LogP contribution in [0.3, 0.4) is 0 Å². The van der Waals surface area contributed by atoms with Gasteiger partial charge >= 0.3 is 0 Å². The molecule has 0 aliphatic heterocycles. The summed E-state index contributed by atoms with van der Waals surface area (Å²) in [6, 6.07) is 14.0. The number of halogens is 1. The normalized spacial score (nSPS) is 12.0. The van der Waals surface area contributed by atoms with Crippen molar-refractivity contribution in [3.05, 3.63) is 58.6 Å². The van der Waals surface area contributed by atoms with Crippen molar-refractivity contribution in [3.63, 3.8) is 0 Å². The second-order valence-corrected chi connectivity index (χ2v) is 5.31. The van der Waals surface area contributed by atoms with Crippen molar-refractivity contribution in [1.82, 2.24) is 0 Å². The summed E-state index contributed by atoms with van der Waals surface area (Å²) in [4.78, 5) is 0. The molecule has 0 radical (unpaired) electrons.